The van der Waals surface area contributed by atoms with Gasteiger partial charge in [-0.25, -0.2) is 4.39 Å². The summed E-state index contributed by atoms with van der Waals surface area (Å²) in [4.78, 5) is 0. The first-order valence-electron chi connectivity index (χ1n) is 5.84. The number of nitrogens with zero attached hydrogens (tertiary/aromatic N) is 4. The minimum atomic E-state index is -0.385. The second-order valence-electron chi connectivity index (χ2n) is 5.21. The molecule has 2 rings (SSSR count). The molecule has 0 aliphatic carbocycles. The van der Waals surface area contributed by atoms with Crippen LogP contribution in [0, 0.1) is 5.82 Å². The summed E-state index contributed by atoms with van der Waals surface area (Å²) in [6, 6.07) is 4.08. The van der Waals surface area contributed by atoms with Gasteiger partial charge in [-0.15, -0.1) is 5.10 Å². The summed E-state index contributed by atoms with van der Waals surface area (Å²) in [6.07, 6.45) is 0. The van der Waals surface area contributed by atoms with Crippen molar-refractivity contribution in [2.45, 2.75) is 32.9 Å². The van der Waals surface area contributed by atoms with Crippen LogP contribution in [-0.4, -0.2) is 25.7 Å². The highest BCUT2D eigenvalue weighted by atomic mass is 35.5. The molecule has 0 amide bonds. The number of rotatable bonds is 3. The molecule has 1 aromatic heterocycles. The molecule has 0 aliphatic rings. The predicted octanol–water partition coefficient (Wildman–Crippen LogP) is 2.34. The Labute approximate surface area is 115 Å². The van der Waals surface area contributed by atoms with Crippen molar-refractivity contribution in [2.75, 3.05) is 0 Å². The summed E-state index contributed by atoms with van der Waals surface area (Å²) < 4.78 is 14.7. The number of hydrogen-bond acceptors (Lipinski definition) is 4. The molecule has 0 atom stereocenters. The van der Waals surface area contributed by atoms with E-state index in [9.17, 15) is 4.39 Å². The highest BCUT2D eigenvalue weighted by molar-refractivity contribution is 6.32. The number of tetrazole rings is 1. The molecule has 1 heterocycles. The Morgan fingerprint density at radius 1 is 1.37 bits per heavy atom. The second kappa shape index (κ2) is 5.22. The van der Waals surface area contributed by atoms with Gasteiger partial charge in [0.05, 0.1) is 17.3 Å². The first-order chi connectivity index (χ1) is 8.87. The van der Waals surface area contributed by atoms with Gasteiger partial charge in [0, 0.05) is 11.6 Å². The zero-order chi connectivity index (χ0) is 14.0. The molecule has 2 aromatic rings. The molecular formula is C12H15ClFN5. The lowest BCUT2D eigenvalue weighted by molar-refractivity contribution is 0.415. The molecule has 19 heavy (non-hydrogen) atoms. The smallest absolute Gasteiger partial charge is 0.170 e. The van der Waals surface area contributed by atoms with E-state index in [1.165, 1.54) is 22.9 Å². The SMILES string of the molecule is CC(C)(C)NCc1nnnn1-c1cc(F)ccc1Cl. The molecule has 102 valence electrons. The molecule has 0 saturated heterocycles. The maximum atomic E-state index is 13.3. The molecule has 0 fully saturated rings. The van der Waals surface area contributed by atoms with E-state index in [0.29, 0.717) is 23.1 Å². The summed E-state index contributed by atoms with van der Waals surface area (Å²) in [5, 5.41) is 15.1. The van der Waals surface area contributed by atoms with Gasteiger partial charge < -0.3 is 5.32 Å². The molecule has 7 heteroatoms. The standard InChI is InChI=1S/C12H15ClFN5/c1-12(2,3)15-7-11-16-17-18-19(11)10-6-8(14)4-5-9(10)13/h4-6,15H,7H2,1-3H3. The monoisotopic (exact) mass is 283 g/mol. The van der Waals surface area contributed by atoms with Crippen LogP contribution in [0.5, 0.6) is 0 Å². The van der Waals surface area contributed by atoms with Crippen molar-refractivity contribution >= 4 is 11.6 Å². The minimum Gasteiger partial charge on any atom is -0.305 e. The normalized spacial score (nSPS) is 11.8. The highest BCUT2D eigenvalue weighted by Gasteiger charge is 2.15. The molecule has 0 bridgehead atoms. The summed E-state index contributed by atoms with van der Waals surface area (Å²) in [6.45, 7) is 6.58. The molecule has 5 nitrogen and oxygen atoms in total. The number of halogens is 2. The van der Waals surface area contributed by atoms with E-state index in [0.717, 1.165) is 0 Å². The van der Waals surface area contributed by atoms with Gasteiger partial charge in [-0.3, -0.25) is 0 Å². The molecule has 0 spiro atoms. The Kier molecular flexibility index (Phi) is 3.82. The lowest BCUT2D eigenvalue weighted by Crippen LogP contribution is -2.36. The first kappa shape index (κ1) is 13.9. The van der Waals surface area contributed by atoms with Crippen LogP contribution in [0.15, 0.2) is 18.2 Å². The number of nitrogens with one attached hydrogen (secondary N) is 1. The average Bonchev–Trinajstić information content (AvgIpc) is 2.77. The zero-order valence-corrected chi connectivity index (χ0v) is 11.7. The van der Waals surface area contributed by atoms with Gasteiger partial charge in [-0.2, -0.15) is 4.68 Å². The lowest BCUT2D eigenvalue weighted by atomic mass is 10.1. The van der Waals surface area contributed by atoms with Crippen molar-refractivity contribution < 1.29 is 4.39 Å². The van der Waals surface area contributed by atoms with E-state index in [2.05, 4.69) is 20.8 Å². The van der Waals surface area contributed by atoms with Crippen molar-refractivity contribution in [1.29, 1.82) is 0 Å². The van der Waals surface area contributed by atoms with Gasteiger partial charge in [0.15, 0.2) is 5.82 Å². The quantitative estimate of drug-likeness (QED) is 0.939. The van der Waals surface area contributed by atoms with Crippen LogP contribution in [0.25, 0.3) is 5.69 Å². The number of hydrogen-bond donors (Lipinski definition) is 1. The fraction of sp³-hybridized carbons (Fsp3) is 0.417. The minimum absolute atomic E-state index is 0.0670. The van der Waals surface area contributed by atoms with Gasteiger partial charge in [0.25, 0.3) is 0 Å². The molecule has 0 saturated carbocycles. The third-order valence-corrected chi connectivity index (χ3v) is 2.77. The summed E-state index contributed by atoms with van der Waals surface area (Å²) in [5.41, 5.74) is 0.361. The van der Waals surface area contributed by atoms with Gasteiger partial charge >= 0.3 is 0 Å². The molecule has 0 unspecified atom stereocenters. The van der Waals surface area contributed by atoms with E-state index in [4.69, 9.17) is 11.6 Å². The van der Waals surface area contributed by atoms with Crippen LogP contribution in [0.3, 0.4) is 0 Å². The Morgan fingerprint density at radius 2 is 2.11 bits per heavy atom. The lowest BCUT2D eigenvalue weighted by Gasteiger charge is -2.20. The topological polar surface area (TPSA) is 55.6 Å². The van der Waals surface area contributed by atoms with Crippen LogP contribution < -0.4 is 5.32 Å². The summed E-state index contributed by atoms with van der Waals surface area (Å²) >= 11 is 6.05. The Morgan fingerprint density at radius 3 is 2.79 bits per heavy atom. The number of benzene rings is 1. The summed E-state index contributed by atoms with van der Waals surface area (Å²) in [7, 11) is 0. The first-order valence-corrected chi connectivity index (χ1v) is 6.22. The van der Waals surface area contributed by atoms with E-state index in [1.807, 2.05) is 20.8 Å². The van der Waals surface area contributed by atoms with Gasteiger partial charge in [-0.1, -0.05) is 11.6 Å². The molecule has 0 radical (unpaired) electrons. The van der Waals surface area contributed by atoms with E-state index < -0.39 is 0 Å². The Bertz CT molecular complexity index is 576. The van der Waals surface area contributed by atoms with E-state index >= 15 is 0 Å². The van der Waals surface area contributed by atoms with E-state index in [1.54, 1.807) is 0 Å². The summed E-state index contributed by atoms with van der Waals surface area (Å²) in [5.74, 6) is 0.187. The second-order valence-corrected chi connectivity index (χ2v) is 5.61. The Balaban J connectivity index is 2.31. The fourth-order valence-corrected chi connectivity index (χ4v) is 1.69. The maximum absolute atomic E-state index is 13.3. The van der Waals surface area contributed by atoms with Crippen LogP contribution in [0.2, 0.25) is 5.02 Å². The van der Waals surface area contributed by atoms with Gasteiger partial charge in [0.1, 0.15) is 5.82 Å². The van der Waals surface area contributed by atoms with Crippen molar-refractivity contribution in [3.63, 3.8) is 0 Å². The fourth-order valence-electron chi connectivity index (χ4n) is 1.50. The Hall–Kier alpha value is -1.53. The van der Waals surface area contributed by atoms with Crippen molar-refractivity contribution in [1.82, 2.24) is 25.5 Å². The van der Waals surface area contributed by atoms with Crippen LogP contribution >= 0.6 is 11.6 Å². The van der Waals surface area contributed by atoms with Crippen molar-refractivity contribution in [3.05, 3.63) is 34.9 Å². The van der Waals surface area contributed by atoms with Crippen LogP contribution in [0.1, 0.15) is 26.6 Å². The predicted molar refractivity (Wildman–Crippen MR) is 70.7 cm³/mol. The van der Waals surface area contributed by atoms with Crippen molar-refractivity contribution in [3.8, 4) is 5.69 Å². The third-order valence-electron chi connectivity index (χ3n) is 2.45. The average molecular weight is 284 g/mol. The zero-order valence-electron chi connectivity index (χ0n) is 11.0. The molecular weight excluding hydrogens is 269 g/mol. The van der Waals surface area contributed by atoms with Crippen LogP contribution in [0.4, 0.5) is 4.39 Å². The number of aromatic nitrogens is 4. The van der Waals surface area contributed by atoms with E-state index in [-0.39, 0.29) is 11.4 Å². The highest BCUT2D eigenvalue weighted by Crippen LogP contribution is 2.21. The maximum Gasteiger partial charge on any atom is 0.170 e. The molecule has 1 N–H and O–H groups in total. The largest absolute Gasteiger partial charge is 0.305 e. The molecule has 0 aliphatic heterocycles. The van der Waals surface area contributed by atoms with Gasteiger partial charge in [-0.05, 0) is 43.3 Å². The van der Waals surface area contributed by atoms with Gasteiger partial charge in [0.2, 0.25) is 0 Å². The molecule has 1 aromatic carbocycles. The van der Waals surface area contributed by atoms with Crippen molar-refractivity contribution in [2.24, 2.45) is 0 Å². The van der Waals surface area contributed by atoms with Crippen LogP contribution in [-0.2, 0) is 6.54 Å². The third kappa shape index (κ3) is 3.48.